The molecule has 1 aromatic carbocycles. The van der Waals surface area contributed by atoms with Crippen LogP contribution in [0.5, 0.6) is 0 Å². The van der Waals surface area contributed by atoms with Gasteiger partial charge in [-0.25, -0.2) is 4.79 Å². The van der Waals surface area contributed by atoms with Crippen LogP contribution in [-0.4, -0.2) is 25.0 Å². The molecule has 1 atom stereocenters. The van der Waals surface area contributed by atoms with Gasteiger partial charge in [-0.05, 0) is 24.1 Å². The summed E-state index contributed by atoms with van der Waals surface area (Å²) in [6, 6.07) is 3.62. The van der Waals surface area contributed by atoms with Crippen LogP contribution >= 0.6 is 0 Å². The molecule has 7 heteroatoms. The van der Waals surface area contributed by atoms with E-state index in [1.165, 1.54) is 19.2 Å². The largest absolute Gasteiger partial charge is 0.467 e. The number of esters is 1. The van der Waals surface area contributed by atoms with Crippen molar-refractivity contribution in [2.24, 2.45) is 0 Å². The molecule has 1 N–H and O–H groups in total. The molecule has 1 amide bonds. The third kappa shape index (κ3) is 6.30. The first kappa shape index (κ1) is 19.0. The summed E-state index contributed by atoms with van der Waals surface area (Å²) in [7, 11) is 1.24. The van der Waals surface area contributed by atoms with Gasteiger partial charge in [0.2, 0.25) is 5.91 Å². The Balaban J connectivity index is 2.65. The van der Waals surface area contributed by atoms with Gasteiger partial charge < -0.3 is 10.1 Å². The summed E-state index contributed by atoms with van der Waals surface area (Å²) in [6.07, 6.45) is -2.43. The molecule has 0 aromatic heterocycles. The normalized spacial score (nSPS) is 12.6. The Bertz CT molecular complexity index is 526. The number of rotatable bonds is 7. The molecule has 1 aromatic rings. The Morgan fingerprint density at radius 2 is 1.83 bits per heavy atom. The fourth-order valence-corrected chi connectivity index (χ4v) is 2.04. The monoisotopic (exact) mass is 331 g/mol. The van der Waals surface area contributed by atoms with E-state index in [0.29, 0.717) is 12.0 Å². The first-order valence-electron chi connectivity index (χ1n) is 7.31. The summed E-state index contributed by atoms with van der Waals surface area (Å²) in [5.41, 5.74) is -0.327. The van der Waals surface area contributed by atoms with Gasteiger partial charge in [-0.1, -0.05) is 31.9 Å². The zero-order chi connectivity index (χ0) is 17.5. The second-order valence-electron chi connectivity index (χ2n) is 5.16. The van der Waals surface area contributed by atoms with Gasteiger partial charge in [0, 0.05) is 0 Å². The van der Waals surface area contributed by atoms with Crippen molar-refractivity contribution >= 4 is 11.9 Å². The predicted octanol–water partition coefficient (Wildman–Crippen LogP) is 3.10. The Hall–Kier alpha value is -2.05. The molecule has 0 aliphatic heterocycles. The Morgan fingerprint density at radius 3 is 2.30 bits per heavy atom. The predicted molar refractivity (Wildman–Crippen MR) is 78.6 cm³/mol. The molecule has 0 unspecified atom stereocenters. The van der Waals surface area contributed by atoms with Gasteiger partial charge >= 0.3 is 12.1 Å². The highest BCUT2D eigenvalue weighted by atomic mass is 19.4. The van der Waals surface area contributed by atoms with Gasteiger partial charge in [-0.3, -0.25) is 4.79 Å². The average Bonchev–Trinajstić information content (AvgIpc) is 2.50. The molecule has 0 saturated carbocycles. The summed E-state index contributed by atoms with van der Waals surface area (Å²) in [4.78, 5) is 23.5. The zero-order valence-electron chi connectivity index (χ0n) is 13.1. The molecule has 128 valence electrons. The standard InChI is InChI=1S/C16H20F3NO3/c1-3-4-5-13(15(22)23-2)20-14(21)10-11-6-8-12(9-7-11)16(17,18)19/h6-9,13H,3-5,10H2,1-2H3,(H,20,21)/t13-/m1/s1. The molecule has 0 saturated heterocycles. The van der Waals surface area contributed by atoms with Crippen LogP contribution in [0.2, 0.25) is 0 Å². The minimum absolute atomic E-state index is 0.0994. The van der Waals surface area contributed by atoms with Crippen LogP contribution in [0.1, 0.15) is 37.3 Å². The summed E-state index contributed by atoms with van der Waals surface area (Å²) >= 11 is 0. The lowest BCUT2D eigenvalue weighted by atomic mass is 10.1. The number of hydrogen-bond donors (Lipinski definition) is 1. The van der Waals surface area contributed by atoms with E-state index in [2.05, 4.69) is 10.1 Å². The van der Waals surface area contributed by atoms with Gasteiger partial charge in [-0.15, -0.1) is 0 Å². The molecule has 23 heavy (non-hydrogen) atoms. The number of benzene rings is 1. The third-order valence-corrected chi connectivity index (χ3v) is 3.31. The highest BCUT2D eigenvalue weighted by molar-refractivity contribution is 5.85. The van der Waals surface area contributed by atoms with Crippen LogP contribution in [0.3, 0.4) is 0 Å². The molecular weight excluding hydrogens is 311 g/mol. The van der Waals surface area contributed by atoms with Crippen LogP contribution in [0.25, 0.3) is 0 Å². The number of nitrogens with one attached hydrogen (secondary N) is 1. The first-order chi connectivity index (χ1) is 10.8. The summed E-state index contributed by atoms with van der Waals surface area (Å²) in [5, 5.41) is 2.56. The number of carbonyl (C=O) groups excluding carboxylic acids is 2. The maximum Gasteiger partial charge on any atom is 0.416 e. The number of unbranched alkanes of at least 4 members (excludes halogenated alkanes) is 1. The Kier molecular flexibility index (Phi) is 7.06. The summed E-state index contributed by atoms with van der Waals surface area (Å²) < 4.78 is 42.0. The highest BCUT2D eigenvalue weighted by Gasteiger charge is 2.30. The number of amides is 1. The van der Waals surface area contributed by atoms with Crippen molar-refractivity contribution in [2.45, 2.75) is 44.8 Å². The van der Waals surface area contributed by atoms with Gasteiger partial charge in [0.1, 0.15) is 6.04 Å². The average molecular weight is 331 g/mol. The van der Waals surface area contributed by atoms with Gasteiger partial charge in [-0.2, -0.15) is 13.2 Å². The van der Waals surface area contributed by atoms with Crippen molar-refractivity contribution in [1.29, 1.82) is 0 Å². The van der Waals surface area contributed by atoms with Crippen LogP contribution < -0.4 is 5.32 Å². The SMILES string of the molecule is CCCC[C@@H](NC(=O)Cc1ccc(C(F)(F)F)cc1)C(=O)OC. The molecule has 0 aliphatic carbocycles. The van der Waals surface area contributed by atoms with Crippen molar-refractivity contribution in [1.82, 2.24) is 5.32 Å². The van der Waals surface area contributed by atoms with Crippen LogP contribution in [0.15, 0.2) is 24.3 Å². The quantitative estimate of drug-likeness (QED) is 0.781. The van der Waals surface area contributed by atoms with Crippen molar-refractivity contribution in [2.75, 3.05) is 7.11 Å². The maximum absolute atomic E-state index is 12.5. The first-order valence-corrected chi connectivity index (χ1v) is 7.31. The molecule has 0 bridgehead atoms. The van der Waals surface area contributed by atoms with Crippen LogP contribution in [-0.2, 0) is 26.9 Å². The number of alkyl halides is 3. The van der Waals surface area contributed by atoms with Crippen molar-refractivity contribution in [3.05, 3.63) is 35.4 Å². The summed E-state index contributed by atoms with van der Waals surface area (Å²) in [6.45, 7) is 1.96. The Morgan fingerprint density at radius 1 is 1.22 bits per heavy atom. The minimum Gasteiger partial charge on any atom is -0.467 e. The van der Waals surface area contributed by atoms with Gasteiger partial charge in [0.05, 0.1) is 19.1 Å². The fraction of sp³-hybridized carbons (Fsp3) is 0.500. The molecule has 0 aliphatic rings. The van der Waals surface area contributed by atoms with Crippen molar-refractivity contribution in [3.8, 4) is 0 Å². The number of ether oxygens (including phenoxy) is 1. The third-order valence-electron chi connectivity index (χ3n) is 3.31. The van der Waals surface area contributed by atoms with Crippen molar-refractivity contribution < 1.29 is 27.5 Å². The number of methoxy groups -OCH3 is 1. The lowest BCUT2D eigenvalue weighted by Gasteiger charge is -2.16. The molecule has 1 rings (SSSR count). The molecule has 0 radical (unpaired) electrons. The summed E-state index contributed by atoms with van der Waals surface area (Å²) in [5.74, 6) is -0.963. The van der Waals surface area contributed by atoms with E-state index in [-0.39, 0.29) is 6.42 Å². The molecular formula is C16H20F3NO3. The number of halogens is 3. The maximum atomic E-state index is 12.5. The van der Waals surface area contributed by atoms with E-state index in [9.17, 15) is 22.8 Å². The molecule has 0 fully saturated rings. The smallest absolute Gasteiger partial charge is 0.416 e. The van der Waals surface area contributed by atoms with E-state index in [0.717, 1.165) is 25.0 Å². The molecule has 0 spiro atoms. The Labute approximate surface area is 133 Å². The van der Waals surface area contributed by atoms with Crippen LogP contribution in [0, 0.1) is 0 Å². The molecule has 4 nitrogen and oxygen atoms in total. The second kappa shape index (κ2) is 8.55. The minimum atomic E-state index is -4.41. The van der Waals surface area contributed by atoms with E-state index < -0.39 is 29.7 Å². The topological polar surface area (TPSA) is 55.4 Å². The fourth-order valence-electron chi connectivity index (χ4n) is 2.04. The lowest BCUT2D eigenvalue weighted by molar-refractivity contribution is -0.145. The number of carbonyl (C=O) groups is 2. The molecule has 0 heterocycles. The van der Waals surface area contributed by atoms with Gasteiger partial charge in [0.15, 0.2) is 0 Å². The van der Waals surface area contributed by atoms with E-state index in [1.807, 2.05) is 6.92 Å². The van der Waals surface area contributed by atoms with Crippen molar-refractivity contribution in [3.63, 3.8) is 0 Å². The van der Waals surface area contributed by atoms with E-state index >= 15 is 0 Å². The lowest BCUT2D eigenvalue weighted by Crippen LogP contribution is -2.42. The van der Waals surface area contributed by atoms with Crippen LogP contribution in [0.4, 0.5) is 13.2 Å². The second-order valence-corrected chi connectivity index (χ2v) is 5.16. The van der Waals surface area contributed by atoms with E-state index in [1.54, 1.807) is 0 Å². The highest BCUT2D eigenvalue weighted by Crippen LogP contribution is 2.29. The van der Waals surface area contributed by atoms with E-state index in [4.69, 9.17) is 0 Å². The van der Waals surface area contributed by atoms with Gasteiger partial charge in [0.25, 0.3) is 0 Å². The number of hydrogen-bond acceptors (Lipinski definition) is 3. The zero-order valence-corrected chi connectivity index (χ0v) is 13.1.